The first kappa shape index (κ1) is 16.4. The lowest BCUT2D eigenvalue weighted by Gasteiger charge is -2.33. The van der Waals surface area contributed by atoms with E-state index in [1.54, 1.807) is 20.8 Å². The van der Waals surface area contributed by atoms with Crippen LogP contribution in [-0.4, -0.2) is 29.4 Å². The van der Waals surface area contributed by atoms with Crippen LogP contribution in [0.5, 0.6) is 0 Å². The van der Waals surface area contributed by atoms with Gasteiger partial charge in [-0.15, -0.1) is 6.58 Å². The van der Waals surface area contributed by atoms with E-state index >= 15 is 0 Å². The molecule has 0 aliphatic heterocycles. The lowest BCUT2D eigenvalue weighted by Crippen LogP contribution is -2.39. The third-order valence-electron chi connectivity index (χ3n) is 2.59. The topological polar surface area (TPSA) is 72.8 Å². The van der Waals surface area contributed by atoms with Crippen molar-refractivity contribution >= 4 is 13.6 Å². The molecule has 0 fully saturated rings. The maximum absolute atomic E-state index is 12.6. The van der Waals surface area contributed by atoms with E-state index in [9.17, 15) is 14.5 Å². The highest BCUT2D eigenvalue weighted by atomic mass is 31.2. The van der Waals surface area contributed by atoms with Crippen LogP contribution in [0, 0.1) is 0 Å². The van der Waals surface area contributed by atoms with Gasteiger partial charge in [0.25, 0.3) is 0 Å². The fraction of sp³-hybridized carbons (Fsp3) is 0.727. The van der Waals surface area contributed by atoms with Gasteiger partial charge in [0, 0.05) is 0 Å². The summed E-state index contributed by atoms with van der Waals surface area (Å²) in [6, 6.07) is 0. The second-order valence-corrected chi connectivity index (χ2v) is 5.88. The summed E-state index contributed by atoms with van der Waals surface area (Å²) in [6.45, 7) is 8.76. The molecule has 100 valence electrons. The van der Waals surface area contributed by atoms with Crippen molar-refractivity contribution in [1.29, 1.82) is 0 Å². The number of hydrogen-bond donors (Lipinski definition) is 1. The van der Waals surface area contributed by atoms with Crippen LogP contribution >= 0.6 is 7.60 Å². The van der Waals surface area contributed by atoms with E-state index in [2.05, 4.69) is 6.58 Å². The van der Waals surface area contributed by atoms with E-state index < -0.39 is 18.7 Å². The Bertz CT molecular complexity index is 305. The Balaban J connectivity index is 5.56. The Hall–Kier alpha value is -0.640. The van der Waals surface area contributed by atoms with Gasteiger partial charge in [-0.1, -0.05) is 13.0 Å². The minimum Gasteiger partial charge on any atom is -0.480 e. The van der Waals surface area contributed by atoms with Gasteiger partial charge in [0.2, 0.25) is 0 Å². The van der Waals surface area contributed by atoms with Gasteiger partial charge in [-0.05, 0) is 26.7 Å². The molecule has 0 saturated heterocycles. The summed E-state index contributed by atoms with van der Waals surface area (Å²) in [5, 5.41) is 7.82. The fourth-order valence-corrected chi connectivity index (χ4v) is 3.89. The Labute approximate surface area is 102 Å². The standard InChI is InChI=1S/C11H21O5P/c1-5-9-11(6-2,10(12)13)17(14,15-7-3)16-8-4/h5H,1,6-9H2,2-4H3,(H,12,13). The van der Waals surface area contributed by atoms with Gasteiger partial charge in [0.15, 0.2) is 5.16 Å². The van der Waals surface area contributed by atoms with Gasteiger partial charge in [0.05, 0.1) is 13.2 Å². The number of carbonyl (C=O) groups is 1. The molecule has 0 aromatic carbocycles. The van der Waals surface area contributed by atoms with Crippen LogP contribution in [0.15, 0.2) is 12.7 Å². The Kier molecular flexibility index (Phi) is 6.68. The van der Waals surface area contributed by atoms with E-state index in [-0.39, 0.29) is 26.1 Å². The molecule has 0 aromatic heterocycles. The summed E-state index contributed by atoms with van der Waals surface area (Å²) in [7, 11) is -3.70. The molecule has 0 rings (SSSR count). The molecule has 0 radical (unpaired) electrons. The van der Waals surface area contributed by atoms with E-state index in [1.165, 1.54) is 6.08 Å². The van der Waals surface area contributed by atoms with Crippen LogP contribution in [0.2, 0.25) is 0 Å². The maximum atomic E-state index is 12.6. The molecule has 0 amide bonds. The van der Waals surface area contributed by atoms with Crippen LogP contribution in [0.25, 0.3) is 0 Å². The van der Waals surface area contributed by atoms with Crippen molar-refractivity contribution in [1.82, 2.24) is 0 Å². The zero-order chi connectivity index (χ0) is 13.5. The van der Waals surface area contributed by atoms with Gasteiger partial charge in [-0.25, -0.2) is 0 Å². The highest BCUT2D eigenvalue weighted by Gasteiger charge is 2.55. The smallest absolute Gasteiger partial charge is 0.348 e. The van der Waals surface area contributed by atoms with Crippen molar-refractivity contribution in [3.63, 3.8) is 0 Å². The van der Waals surface area contributed by atoms with Crippen LogP contribution in [0.1, 0.15) is 33.6 Å². The number of allylic oxidation sites excluding steroid dienone is 1. The Morgan fingerprint density at radius 2 is 1.82 bits per heavy atom. The molecular weight excluding hydrogens is 243 g/mol. The highest BCUT2D eigenvalue weighted by Crippen LogP contribution is 2.63. The number of carboxylic acids is 1. The molecule has 0 aliphatic rings. The van der Waals surface area contributed by atoms with Gasteiger partial charge in [-0.3, -0.25) is 9.36 Å². The molecule has 17 heavy (non-hydrogen) atoms. The average molecular weight is 264 g/mol. The van der Waals surface area contributed by atoms with E-state index in [0.717, 1.165) is 0 Å². The highest BCUT2D eigenvalue weighted by molar-refractivity contribution is 7.56. The molecule has 0 bridgehead atoms. The second kappa shape index (κ2) is 6.94. The van der Waals surface area contributed by atoms with Crippen molar-refractivity contribution < 1.29 is 23.5 Å². The number of rotatable bonds is 9. The normalized spacial score (nSPS) is 15.2. The minimum absolute atomic E-state index is 0.0517. The van der Waals surface area contributed by atoms with E-state index in [1.807, 2.05) is 0 Å². The number of carboxylic acid groups (broad SMARTS) is 1. The van der Waals surface area contributed by atoms with Crippen LogP contribution in [-0.2, 0) is 18.4 Å². The molecule has 5 nitrogen and oxygen atoms in total. The van der Waals surface area contributed by atoms with Gasteiger partial charge in [-0.2, -0.15) is 0 Å². The van der Waals surface area contributed by atoms with Crippen molar-refractivity contribution in [2.24, 2.45) is 0 Å². The Morgan fingerprint density at radius 3 is 2.06 bits per heavy atom. The predicted molar refractivity (Wildman–Crippen MR) is 66.3 cm³/mol. The average Bonchev–Trinajstić information content (AvgIpc) is 2.25. The fourth-order valence-electron chi connectivity index (χ4n) is 1.67. The quantitative estimate of drug-likeness (QED) is 0.511. The molecule has 0 aromatic rings. The molecule has 0 spiro atoms. The molecule has 0 saturated carbocycles. The van der Waals surface area contributed by atoms with Crippen molar-refractivity contribution in [2.45, 2.75) is 38.8 Å². The van der Waals surface area contributed by atoms with Crippen LogP contribution in [0.3, 0.4) is 0 Å². The minimum atomic E-state index is -3.70. The second-order valence-electron chi connectivity index (χ2n) is 3.52. The third-order valence-corrected chi connectivity index (χ3v) is 5.52. The number of aliphatic carboxylic acids is 1. The SMILES string of the molecule is C=CCC(CC)(C(=O)O)P(=O)(OCC)OCC. The van der Waals surface area contributed by atoms with E-state index in [4.69, 9.17) is 9.05 Å². The summed E-state index contributed by atoms with van der Waals surface area (Å²) in [5.74, 6) is -1.18. The largest absolute Gasteiger partial charge is 0.480 e. The molecule has 1 atom stereocenters. The lowest BCUT2D eigenvalue weighted by atomic mass is 10.0. The van der Waals surface area contributed by atoms with Crippen molar-refractivity contribution in [2.75, 3.05) is 13.2 Å². The maximum Gasteiger partial charge on any atom is 0.348 e. The van der Waals surface area contributed by atoms with Gasteiger partial charge < -0.3 is 14.2 Å². The summed E-state index contributed by atoms with van der Waals surface area (Å²) in [5.41, 5.74) is 0. The first-order valence-electron chi connectivity index (χ1n) is 5.67. The summed E-state index contributed by atoms with van der Waals surface area (Å²) < 4.78 is 22.9. The summed E-state index contributed by atoms with van der Waals surface area (Å²) in [6.07, 6.45) is 1.64. The lowest BCUT2D eigenvalue weighted by molar-refractivity contribution is -0.141. The van der Waals surface area contributed by atoms with E-state index in [0.29, 0.717) is 0 Å². The zero-order valence-electron chi connectivity index (χ0n) is 10.6. The predicted octanol–water partition coefficient (Wildman–Crippen LogP) is 3.06. The first-order valence-corrected chi connectivity index (χ1v) is 7.21. The molecule has 0 aliphatic carbocycles. The molecule has 1 N–H and O–H groups in total. The summed E-state index contributed by atoms with van der Waals surface area (Å²) in [4.78, 5) is 11.5. The molecular formula is C11H21O5P. The molecule has 0 heterocycles. The molecule has 1 unspecified atom stereocenters. The zero-order valence-corrected chi connectivity index (χ0v) is 11.5. The van der Waals surface area contributed by atoms with Crippen molar-refractivity contribution in [3.05, 3.63) is 12.7 Å². The van der Waals surface area contributed by atoms with Crippen LogP contribution in [0.4, 0.5) is 0 Å². The number of hydrogen-bond acceptors (Lipinski definition) is 4. The van der Waals surface area contributed by atoms with Crippen molar-refractivity contribution in [3.8, 4) is 0 Å². The summed E-state index contributed by atoms with van der Waals surface area (Å²) >= 11 is 0. The van der Waals surface area contributed by atoms with Crippen LogP contribution < -0.4 is 0 Å². The third kappa shape index (κ3) is 3.18. The van der Waals surface area contributed by atoms with Gasteiger partial charge in [0.1, 0.15) is 0 Å². The van der Waals surface area contributed by atoms with Gasteiger partial charge >= 0.3 is 13.6 Å². The Morgan fingerprint density at radius 1 is 1.35 bits per heavy atom. The first-order chi connectivity index (χ1) is 7.94. The monoisotopic (exact) mass is 264 g/mol. The molecule has 6 heteroatoms.